The van der Waals surface area contributed by atoms with Crippen LogP contribution >= 0.6 is 0 Å². The highest BCUT2D eigenvalue weighted by atomic mass is 16.5. The molecule has 1 N–H and O–H groups in total. The SMILES string of the molecule is COc1cccc([C@@H]2CN(C(=O)CC3CCCC3)[C@@H]3CCCCC(=O)N[C@H]32)c1. The highest BCUT2D eigenvalue weighted by Gasteiger charge is 2.45. The zero-order valence-corrected chi connectivity index (χ0v) is 16.9. The first-order valence-electron chi connectivity index (χ1n) is 10.9. The number of nitrogens with zero attached hydrogens (tertiary/aromatic N) is 1. The van der Waals surface area contributed by atoms with Gasteiger partial charge in [-0.25, -0.2) is 0 Å². The largest absolute Gasteiger partial charge is 0.497 e. The number of carbonyl (C=O) groups is 2. The van der Waals surface area contributed by atoms with E-state index in [1.54, 1.807) is 7.11 Å². The van der Waals surface area contributed by atoms with Crippen molar-refractivity contribution in [2.75, 3.05) is 13.7 Å². The molecule has 152 valence electrons. The van der Waals surface area contributed by atoms with Gasteiger partial charge in [-0.1, -0.05) is 31.4 Å². The summed E-state index contributed by atoms with van der Waals surface area (Å²) in [6.45, 7) is 0.689. The summed E-state index contributed by atoms with van der Waals surface area (Å²) in [5, 5.41) is 3.27. The molecule has 3 fully saturated rings. The predicted molar refractivity (Wildman–Crippen MR) is 108 cm³/mol. The molecule has 2 saturated heterocycles. The Morgan fingerprint density at radius 1 is 1.18 bits per heavy atom. The summed E-state index contributed by atoms with van der Waals surface area (Å²) in [6, 6.07) is 8.19. The van der Waals surface area contributed by atoms with Crippen LogP contribution in [0.5, 0.6) is 5.75 Å². The second-order valence-corrected chi connectivity index (χ2v) is 8.69. The second-order valence-electron chi connectivity index (χ2n) is 8.69. The molecule has 3 aliphatic rings. The number of fused-ring (bicyclic) bond motifs is 1. The van der Waals surface area contributed by atoms with Crippen LogP contribution in [0.25, 0.3) is 0 Å². The highest BCUT2D eigenvalue weighted by Crippen LogP contribution is 2.38. The zero-order valence-electron chi connectivity index (χ0n) is 16.9. The molecular formula is C23H32N2O3. The maximum Gasteiger partial charge on any atom is 0.223 e. The number of nitrogens with one attached hydrogen (secondary N) is 1. The Balaban J connectivity index is 1.59. The fraction of sp³-hybridized carbons (Fsp3) is 0.652. The molecule has 2 heterocycles. The van der Waals surface area contributed by atoms with Gasteiger partial charge in [0.25, 0.3) is 0 Å². The predicted octanol–water partition coefficient (Wildman–Crippen LogP) is 3.63. The van der Waals surface area contributed by atoms with E-state index in [0.29, 0.717) is 25.3 Å². The summed E-state index contributed by atoms with van der Waals surface area (Å²) in [7, 11) is 1.67. The lowest BCUT2D eigenvalue weighted by Gasteiger charge is -2.31. The van der Waals surface area contributed by atoms with Crippen LogP contribution in [0.2, 0.25) is 0 Å². The van der Waals surface area contributed by atoms with E-state index in [1.807, 2.05) is 12.1 Å². The number of hydrogen-bond acceptors (Lipinski definition) is 3. The van der Waals surface area contributed by atoms with Gasteiger partial charge in [-0.3, -0.25) is 9.59 Å². The highest BCUT2D eigenvalue weighted by molar-refractivity contribution is 5.79. The number of benzene rings is 1. The number of carbonyl (C=O) groups excluding carboxylic acids is 2. The molecule has 1 saturated carbocycles. The van der Waals surface area contributed by atoms with E-state index < -0.39 is 0 Å². The van der Waals surface area contributed by atoms with E-state index >= 15 is 0 Å². The third-order valence-electron chi connectivity index (χ3n) is 6.90. The van der Waals surface area contributed by atoms with Crippen LogP contribution < -0.4 is 10.1 Å². The van der Waals surface area contributed by atoms with Crippen molar-refractivity contribution in [3.63, 3.8) is 0 Å². The van der Waals surface area contributed by atoms with Gasteiger partial charge < -0.3 is 15.0 Å². The molecule has 0 spiro atoms. The maximum atomic E-state index is 13.2. The number of ether oxygens (including phenoxy) is 1. The van der Waals surface area contributed by atoms with Crippen LogP contribution in [0, 0.1) is 5.92 Å². The molecule has 5 nitrogen and oxygen atoms in total. The lowest BCUT2D eigenvalue weighted by molar-refractivity contribution is -0.134. The first-order chi connectivity index (χ1) is 13.7. The van der Waals surface area contributed by atoms with E-state index in [-0.39, 0.29) is 29.8 Å². The molecule has 0 unspecified atom stereocenters. The lowest BCUT2D eigenvalue weighted by atomic mass is 9.88. The van der Waals surface area contributed by atoms with Crippen molar-refractivity contribution in [1.82, 2.24) is 10.2 Å². The van der Waals surface area contributed by atoms with Crippen LogP contribution in [0.3, 0.4) is 0 Å². The van der Waals surface area contributed by atoms with E-state index in [2.05, 4.69) is 22.3 Å². The monoisotopic (exact) mass is 384 g/mol. The van der Waals surface area contributed by atoms with Crippen molar-refractivity contribution >= 4 is 11.8 Å². The van der Waals surface area contributed by atoms with E-state index in [0.717, 1.165) is 30.6 Å². The molecule has 0 radical (unpaired) electrons. The minimum atomic E-state index is -0.00701. The van der Waals surface area contributed by atoms with Crippen LogP contribution in [-0.4, -0.2) is 42.5 Å². The molecule has 1 aromatic rings. The van der Waals surface area contributed by atoms with Crippen molar-refractivity contribution in [1.29, 1.82) is 0 Å². The van der Waals surface area contributed by atoms with Gasteiger partial charge in [-0.2, -0.15) is 0 Å². The number of methoxy groups -OCH3 is 1. The van der Waals surface area contributed by atoms with Gasteiger partial charge in [0, 0.05) is 25.3 Å². The van der Waals surface area contributed by atoms with Crippen LogP contribution in [0.1, 0.15) is 69.3 Å². The maximum absolute atomic E-state index is 13.2. The molecule has 28 heavy (non-hydrogen) atoms. The molecular weight excluding hydrogens is 352 g/mol. The van der Waals surface area contributed by atoms with Gasteiger partial charge in [-0.05, 0) is 49.3 Å². The van der Waals surface area contributed by atoms with Crippen molar-refractivity contribution < 1.29 is 14.3 Å². The fourth-order valence-corrected chi connectivity index (χ4v) is 5.40. The summed E-state index contributed by atoms with van der Waals surface area (Å²) >= 11 is 0. The van der Waals surface area contributed by atoms with Crippen molar-refractivity contribution in [3.05, 3.63) is 29.8 Å². The van der Waals surface area contributed by atoms with Gasteiger partial charge in [0.2, 0.25) is 11.8 Å². The number of amides is 2. The number of rotatable bonds is 4. The topological polar surface area (TPSA) is 58.6 Å². The van der Waals surface area contributed by atoms with Gasteiger partial charge in [0.1, 0.15) is 5.75 Å². The van der Waals surface area contributed by atoms with Crippen LogP contribution in [0.15, 0.2) is 24.3 Å². The summed E-state index contributed by atoms with van der Waals surface area (Å²) in [6.07, 6.45) is 9.02. The molecule has 2 aliphatic heterocycles. The van der Waals surface area contributed by atoms with Gasteiger partial charge in [-0.15, -0.1) is 0 Å². The van der Waals surface area contributed by atoms with Crippen LogP contribution in [-0.2, 0) is 9.59 Å². The smallest absolute Gasteiger partial charge is 0.223 e. The van der Waals surface area contributed by atoms with Crippen molar-refractivity contribution in [2.45, 2.75) is 75.8 Å². The fourth-order valence-electron chi connectivity index (χ4n) is 5.40. The minimum Gasteiger partial charge on any atom is -0.497 e. The summed E-state index contributed by atoms with van der Waals surface area (Å²) in [4.78, 5) is 27.7. The average molecular weight is 385 g/mol. The summed E-state index contributed by atoms with van der Waals surface area (Å²) in [5.74, 6) is 1.89. The molecule has 2 amide bonds. The molecule has 5 heteroatoms. The van der Waals surface area contributed by atoms with Crippen LogP contribution in [0.4, 0.5) is 0 Å². The van der Waals surface area contributed by atoms with Gasteiger partial charge >= 0.3 is 0 Å². The molecule has 0 aromatic heterocycles. The number of hydrogen-bond donors (Lipinski definition) is 1. The van der Waals surface area contributed by atoms with E-state index in [9.17, 15) is 9.59 Å². The summed E-state index contributed by atoms with van der Waals surface area (Å²) < 4.78 is 5.41. The molecule has 0 bridgehead atoms. The normalized spacial score (nSPS) is 28.4. The average Bonchev–Trinajstić information content (AvgIpc) is 3.31. The Morgan fingerprint density at radius 3 is 2.75 bits per heavy atom. The Morgan fingerprint density at radius 2 is 1.96 bits per heavy atom. The third-order valence-corrected chi connectivity index (χ3v) is 6.90. The molecule has 3 atom stereocenters. The first kappa shape index (κ1) is 19.3. The standard InChI is InChI=1S/C23H32N2O3/c1-28-18-10-6-9-17(14-18)19-15-25(22(27)13-16-7-2-3-8-16)20-11-4-5-12-21(26)24-23(19)20/h6,9-10,14,16,19-20,23H,2-5,7-8,11-13,15H2,1H3,(H,24,26)/t19-,20+,23-/m0/s1. The Labute approximate surface area is 167 Å². The Kier molecular flexibility index (Phi) is 5.88. The quantitative estimate of drug-likeness (QED) is 0.862. The first-order valence-corrected chi connectivity index (χ1v) is 10.9. The Hall–Kier alpha value is -2.04. The minimum absolute atomic E-state index is 0.00701. The van der Waals surface area contributed by atoms with Gasteiger partial charge in [0.05, 0.1) is 19.2 Å². The van der Waals surface area contributed by atoms with Crippen molar-refractivity contribution in [3.8, 4) is 5.75 Å². The zero-order chi connectivity index (χ0) is 19.5. The number of likely N-dealkylation sites (tertiary alicyclic amines) is 1. The molecule has 1 aliphatic carbocycles. The lowest BCUT2D eigenvalue weighted by Crippen LogP contribution is -2.49. The Bertz CT molecular complexity index is 714. The second kappa shape index (κ2) is 8.54. The molecule has 1 aromatic carbocycles. The third kappa shape index (κ3) is 4.03. The van der Waals surface area contributed by atoms with Crippen molar-refractivity contribution in [2.24, 2.45) is 5.92 Å². The van der Waals surface area contributed by atoms with E-state index in [1.165, 1.54) is 25.7 Å². The van der Waals surface area contributed by atoms with E-state index in [4.69, 9.17) is 4.74 Å². The summed E-state index contributed by atoms with van der Waals surface area (Å²) in [5.41, 5.74) is 1.14. The molecule has 4 rings (SSSR count). The van der Waals surface area contributed by atoms with Gasteiger partial charge in [0.15, 0.2) is 0 Å².